The van der Waals surface area contributed by atoms with Gasteiger partial charge in [-0.15, -0.1) is 0 Å². The van der Waals surface area contributed by atoms with Crippen molar-refractivity contribution >= 4 is 11.6 Å². The van der Waals surface area contributed by atoms with Crippen molar-refractivity contribution in [3.05, 3.63) is 51.8 Å². The zero-order chi connectivity index (χ0) is 14.1. The molecular formula is C16H19ClN2O. The fourth-order valence-electron chi connectivity index (χ4n) is 2.95. The highest BCUT2D eigenvalue weighted by Gasteiger charge is 2.21. The maximum Gasteiger partial charge on any atom is 0.122 e. The first-order valence-electron chi connectivity index (χ1n) is 7.21. The molecule has 1 aromatic carbocycles. The quantitative estimate of drug-likeness (QED) is 0.935. The van der Waals surface area contributed by atoms with E-state index in [1.807, 2.05) is 6.07 Å². The summed E-state index contributed by atoms with van der Waals surface area (Å²) in [6, 6.07) is 6.26. The van der Waals surface area contributed by atoms with Crippen LogP contribution in [0.5, 0.6) is 0 Å². The van der Waals surface area contributed by atoms with Gasteiger partial charge in [0.15, 0.2) is 0 Å². The summed E-state index contributed by atoms with van der Waals surface area (Å²) in [5.41, 5.74) is 4.38. The van der Waals surface area contributed by atoms with Crippen molar-refractivity contribution in [1.82, 2.24) is 9.78 Å². The van der Waals surface area contributed by atoms with Gasteiger partial charge in [-0.2, -0.15) is 5.10 Å². The molecule has 0 saturated carbocycles. The molecule has 1 aliphatic rings. The number of aromatic nitrogens is 2. The highest BCUT2D eigenvalue weighted by Crippen LogP contribution is 2.31. The minimum absolute atomic E-state index is 0.534. The summed E-state index contributed by atoms with van der Waals surface area (Å²) in [6.45, 7) is 2.85. The molecule has 3 rings (SSSR count). The van der Waals surface area contributed by atoms with E-state index in [0.717, 1.165) is 31.4 Å². The Bertz CT molecular complexity index is 621. The Labute approximate surface area is 124 Å². The van der Waals surface area contributed by atoms with Crippen molar-refractivity contribution in [2.75, 3.05) is 0 Å². The number of halogens is 1. The Hall–Kier alpha value is -1.32. The number of fused-ring (bicyclic) bond motifs is 1. The van der Waals surface area contributed by atoms with Gasteiger partial charge in [0.2, 0.25) is 0 Å². The Morgan fingerprint density at radius 1 is 1.35 bits per heavy atom. The fraction of sp³-hybridized carbons (Fsp3) is 0.438. The monoisotopic (exact) mass is 290 g/mol. The largest absolute Gasteiger partial charge is 0.382 e. The summed E-state index contributed by atoms with van der Waals surface area (Å²) in [5, 5.41) is 15.4. The lowest BCUT2D eigenvalue weighted by molar-refractivity contribution is 0.207. The molecule has 0 saturated heterocycles. The molecule has 3 nitrogen and oxygen atoms in total. The third-order valence-corrected chi connectivity index (χ3v) is 4.26. The normalized spacial score (nSPS) is 15.3. The van der Waals surface area contributed by atoms with Crippen LogP contribution >= 0.6 is 11.6 Å². The number of hydrogen-bond acceptors (Lipinski definition) is 2. The SMILES string of the molecule is CCCn1ncc(Cl)c1C(O)c1ccc2c(c1)CCC2. The molecule has 0 aliphatic heterocycles. The molecular weight excluding hydrogens is 272 g/mol. The number of aliphatic hydroxyl groups excluding tert-OH is 1. The van der Waals surface area contributed by atoms with Crippen LogP contribution in [0.1, 0.15) is 48.3 Å². The molecule has 1 heterocycles. The van der Waals surface area contributed by atoms with Crippen LogP contribution < -0.4 is 0 Å². The molecule has 0 amide bonds. The minimum atomic E-state index is -0.706. The van der Waals surface area contributed by atoms with E-state index in [-0.39, 0.29) is 0 Å². The second-order valence-electron chi connectivity index (χ2n) is 5.39. The van der Waals surface area contributed by atoms with Gasteiger partial charge in [0.05, 0.1) is 16.9 Å². The Morgan fingerprint density at radius 3 is 2.95 bits per heavy atom. The minimum Gasteiger partial charge on any atom is -0.382 e. The summed E-state index contributed by atoms with van der Waals surface area (Å²) < 4.78 is 1.81. The van der Waals surface area contributed by atoms with Crippen molar-refractivity contribution in [1.29, 1.82) is 0 Å². The Balaban J connectivity index is 1.96. The predicted molar refractivity (Wildman–Crippen MR) is 80.1 cm³/mol. The maximum absolute atomic E-state index is 10.7. The smallest absolute Gasteiger partial charge is 0.122 e. The Kier molecular flexibility index (Phi) is 3.81. The van der Waals surface area contributed by atoms with Crippen LogP contribution in [-0.2, 0) is 19.4 Å². The fourth-order valence-corrected chi connectivity index (χ4v) is 3.20. The van der Waals surface area contributed by atoms with Crippen LogP contribution in [-0.4, -0.2) is 14.9 Å². The first kappa shape index (κ1) is 13.7. The number of aliphatic hydroxyl groups is 1. The molecule has 0 spiro atoms. The van der Waals surface area contributed by atoms with E-state index in [2.05, 4.69) is 24.2 Å². The van der Waals surface area contributed by atoms with Gasteiger partial charge in [-0.3, -0.25) is 4.68 Å². The van der Waals surface area contributed by atoms with Gasteiger partial charge in [0.1, 0.15) is 6.10 Å². The van der Waals surface area contributed by atoms with Crippen LogP contribution in [0, 0.1) is 0 Å². The van der Waals surface area contributed by atoms with E-state index >= 15 is 0 Å². The molecule has 0 fully saturated rings. The lowest BCUT2D eigenvalue weighted by atomic mass is 10.0. The highest BCUT2D eigenvalue weighted by molar-refractivity contribution is 6.31. The number of nitrogens with zero attached hydrogens (tertiary/aromatic N) is 2. The van der Waals surface area contributed by atoms with E-state index in [0.29, 0.717) is 10.7 Å². The average molecular weight is 291 g/mol. The molecule has 1 aliphatic carbocycles. The molecule has 1 unspecified atom stereocenters. The van der Waals surface area contributed by atoms with Crippen molar-refractivity contribution in [3.63, 3.8) is 0 Å². The zero-order valence-corrected chi connectivity index (χ0v) is 12.4. The van der Waals surface area contributed by atoms with E-state index < -0.39 is 6.10 Å². The molecule has 4 heteroatoms. The van der Waals surface area contributed by atoms with Gasteiger partial charge in [-0.1, -0.05) is 36.7 Å². The summed E-state index contributed by atoms with van der Waals surface area (Å²) in [4.78, 5) is 0. The topological polar surface area (TPSA) is 38.0 Å². The van der Waals surface area contributed by atoms with Crippen LogP contribution in [0.4, 0.5) is 0 Å². The van der Waals surface area contributed by atoms with E-state index in [1.54, 1.807) is 10.9 Å². The number of hydrogen-bond donors (Lipinski definition) is 1. The van der Waals surface area contributed by atoms with Crippen LogP contribution in [0.3, 0.4) is 0 Å². The molecule has 1 atom stereocenters. The maximum atomic E-state index is 10.7. The molecule has 20 heavy (non-hydrogen) atoms. The van der Waals surface area contributed by atoms with Crippen LogP contribution in [0.2, 0.25) is 5.02 Å². The van der Waals surface area contributed by atoms with Crippen molar-refractivity contribution in [2.45, 2.75) is 45.3 Å². The van der Waals surface area contributed by atoms with Crippen molar-refractivity contribution < 1.29 is 5.11 Å². The molecule has 0 bridgehead atoms. The summed E-state index contributed by atoms with van der Waals surface area (Å²) >= 11 is 6.20. The van der Waals surface area contributed by atoms with E-state index in [1.165, 1.54) is 17.5 Å². The average Bonchev–Trinajstić information content (AvgIpc) is 3.04. The first-order chi connectivity index (χ1) is 9.70. The standard InChI is InChI=1S/C16H19ClN2O/c1-2-8-19-15(14(17)10-18-19)16(20)13-7-6-11-4-3-5-12(11)9-13/h6-7,9-10,16,20H,2-5,8H2,1H3. The first-order valence-corrected chi connectivity index (χ1v) is 7.59. The van der Waals surface area contributed by atoms with Crippen molar-refractivity contribution in [2.24, 2.45) is 0 Å². The predicted octanol–water partition coefficient (Wildman–Crippen LogP) is 3.52. The number of rotatable bonds is 4. The highest BCUT2D eigenvalue weighted by atomic mass is 35.5. The molecule has 1 N–H and O–H groups in total. The lowest BCUT2D eigenvalue weighted by Gasteiger charge is -2.15. The van der Waals surface area contributed by atoms with E-state index in [4.69, 9.17) is 11.6 Å². The molecule has 1 aromatic heterocycles. The molecule has 106 valence electrons. The van der Waals surface area contributed by atoms with Gasteiger partial charge in [-0.25, -0.2) is 0 Å². The Morgan fingerprint density at radius 2 is 2.15 bits per heavy atom. The summed E-state index contributed by atoms with van der Waals surface area (Å²) in [5.74, 6) is 0. The van der Waals surface area contributed by atoms with Crippen molar-refractivity contribution in [3.8, 4) is 0 Å². The lowest BCUT2D eigenvalue weighted by Crippen LogP contribution is -2.11. The van der Waals surface area contributed by atoms with Crippen LogP contribution in [0.25, 0.3) is 0 Å². The summed E-state index contributed by atoms with van der Waals surface area (Å²) in [6.07, 6.45) is 5.34. The second-order valence-corrected chi connectivity index (χ2v) is 5.79. The van der Waals surface area contributed by atoms with Gasteiger partial charge in [-0.05, 0) is 42.4 Å². The second kappa shape index (κ2) is 5.58. The van der Waals surface area contributed by atoms with Gasteiger partial charge in [0.25, 0.3) is 0 Å². The van der Waals surface area contributed by atoms with Gasteiger partial charge in [0, 0.05) is 6.54 Å². The molecule has 2 aromatic rings. The number of benzene rings is 1. The third-order valence-electron chi connectivity index (χ3n) is 3.97. The summed E-state index contributed by atoms with van der Waals surface area (Å²) in [7, 11) is 0. The third kappa shape index (κ3) is 2.36. The van der Waals surface area contributed by atoms with Gasteiger partial charge < -0.3 is 5.11 Å². The number of aryl methyl sites for hydroxylation is 3. The zero-order valence-electron chi connectivity index (χ0n) is 11.6. The van der Waals surface area contributed by atoms with Gasteiger partial charge >= 0.3 is 0 Å². The molecule has 0 radical (unpaired) electrons. The van der Waals surface area contributed by atoms with Crippen LogP contribution in [0.15, 0.2) is 24.4 Å². The van der Waals surface area contributed by atoms with E-state index in [9.17, 15) is 5.11 Å².